The molecule has 0 aliphatic carbocycles. The Morgan fingerprint density at radius 1 is 1.15 bits per heavy atom. The Morgan fingerprint density at radius 2 is 1.85 bits per heavy atom. The molecule has 12 heteroatoms. The average molecular weight is 510 g/mol. The van der Waals surface area contributed by atoms with Crippen molar-refractivity contribution in [1.82, 2.24) is 14.5 Å². The number of amides is 2. The fourth-order valence-electron chi connectivity index (χ4n) is 3.67. The monoisotopic (exact) mass is 509 g/mol. The summed E-state index contributed by atoms with van der Waals surface area (Å²) >= 11 is 1.23. The van der Waals surface area contributed by atoms with Crippen LogP contribution >= 0.6 is 11.3 Å². The van der Waals surface area contributed by atoms with Gasteiger partial charge in [-0.05, 0) is 29.1 Å². The predicted molar refractivity (Wildman–Crippen MR) is 126 cm³/mol. The van der Waals surface area contributed by atoms with Crippen LogP contribution in [0.3, 0.4) is 0 Å². The van der Waals surface area contributed by atoms with Gasteiger partial charge < -0.3 is 19.7 Å². The van der Waals surface area contributed by atoms with Crippen LogP contribution in [0.4, 0.5) is 0 Å². The van der Waals surface area contributed by atoms with Crippen molar-refractivity contribution in [2.45, 2.75) is 18.5 Å². The quantitative estimate of drug-likeness (QED) is 0.521. The molecular weight excluding hydrogens is 482 g/mol. The molecule has 184 valence electrons. The van der Waals surface area contributed by atoms with Crippen LogP contribution in [-0.4, -0.2) is 87.6 Å². The molecule has 1 aromatic carbocycles. The molecule has 1 N–H and O–H groups in total. The van der Waals surface area contributed by atoms with Crippen LogP contribution in [-0.2, 0) is 30.8 Å². The van der Waals surface area contributed by atoms with Gasteiger partial charge in [0.15, 0.2) is 0 Å². The van der Waals surface area contributed by atoms with E-state index < -0.39 is 34.0 Å². The molecular formula is C22H27N3O7S2. The predicted octanol–water partition coefficient (Wildman–Crippen LogP) is 0.743. The summed E-state index contributed by atoms with van der Waals surface area (Å²) in [6, 6.07) is 8.22. The SMILES string of the molecule is COC(=O)[C@H](Cc1ccc(OC)cc1)NC(=O)[C@@H]1CN(S(C)(=O)=O)CCN1C(=O)c1cccs1. The van der Waals surface area contributed by atoms with E-state index in [1.165, 1.54) is 23.3 Å². The van der Waals surface area contributed by atoms with Crippen molar-refractivity contribution in [2.75, 3.05) is 40.1 Å². The Balaban J connectivity index is 1.83. The first kappa shape index (κ1) is 25.7. The number of carbonyl (C=O) groups excluding carboxylic acids is 3. The van der Waals surface area contributed by atoms with Crippen LogP contribution in [0, 0.1) is 0 Å². The minimum Gasteiger partial charge on any atom is -0.497 e. The lowest BCUT2D eigenvalue weighted by Gasteiger charge is -2.39. The molecule has 1 aliphatic heterocycles. The third-order valence-electron chi connectivity index (χ3n) is 5.51. The fourth-order valence-corrected chi connectivity index (χ4v) is 5.17. The molecule has 3 rings (SSSR count). The molecule has 34 heavy (non-hydrogen) atoms. The zero-order valence-electron chi connectivity index (χ0n) is 19.1. The summed E-state index contributed by atoms with van der Waals surface area (Å²) in [5.74, 6) is -1.01. The lowest BCUT2D eigenvalue weighted by molar-refractivity contribution is -0.145. The van der Waals surface area contributed by atoms with Gasteiger partial charge in [-0.25, -0.2) is 13.2 Å². The molecule has 1 aromatic heterocycles. The van der Waals surface area contributed by atoms with E-state index in [0.29, 0.717) is 10.6 Å². The van der Waals surface area contributed by atoms with Crippen molar-refractivity contribution in [3.8, 4) is 5.75 Å². The van der Waals surface area contributed by atoms with Crippen molar-refractivity contribution in [3.63, 3.8) is 0 Å². The number of thiophene rings is 1. The zero-order chi connectivity index (χ0) is 24.9. The second-order valence-corrected chi connectivity index (χ2v) is 10.7. The Bertz CT molecular complexity index is 1120. The number of methoxy groups -OCH3 is 2. The number of piperazine rings is 1. The van der Waals surface area contributed by atoms with Gasteiger partial charge in [0, 0.05) is 26.1 Å². The first-order chi connectivity index (χ1) is 16.1. The first-order valence-electron chi connectivity index (χ1n) is 10.4. The van der Waals surface area contributed by atoms with Crippen LogP contribution in [0.2, 0.25) is 0 Å². The van der Waals surface area contributed by atoms with Crippen LogP contribution in [0.15, 0.2) is 41.8 Å². The Labute approximate surface area is 202 Å². The summed E-state index contributed by atoms with van der Waals surface area (Å²) < 4.78 is 35.4. The van der Waals surface area contributed by atoms with E-state index in [1.807, 2.05) is 0 Å². The van der Waals surface area contributed by atoms with Gasteiger partial charge in [-0.15, -0.1) is 11.3 Å². The van der Waals surface area contributed by atoms with E-state index in [9.17, 15) is 22.8 Å². The minimum atomic E-state index is -3.59. The Morgan fingerprint density at radius 3 is 2.41 bits per heavy atom. The molecule has 1 aliphatic rings. The van der Waals surface area contributed by atoms with Gasteiger partial charge in [-0.1, -0.05) is 18.2 Å². The molecule has 0 spiro atoms. The molecule has 0 unspecified atom stereocenters. The second kappa shape index (κ2) is 11.0. The first-order valence-corrected chi connectivity index (χ1v) is 13.2. The molecule has 2 amide bonds. The number of sulfonamides is 1. The van der Waals surface area contributed by atoms with Gasteiger partial charge in [0.05, 0.1) is 25.4 Å². The topological polar surface area (TPSA) is 122 Å². The van der Waals surface area contributed by atoms with Gasteiger partial charge >= 0.3 is 5.97 Å². The third-order valence-corrected chi connectivity index (χ3v) is 7.64. The molecule has 2 atom stereocenters. The molecule has 0 radical (unpaired) electrons. The summed E-state index contributed by atoms with van der Waals surface area (Å²) in [7, 11) is -0.828. The molecule has 2 aromatic rings. The van der Waals surface area contributed by atoms with Gasteiger partial charge in [0.25, 0.3) is 5.91 Å². The number of nitrogens with one attached hydrogen (secondary N) is 1. The van der Waals surface area contributed by atoms with Crippen molar-refractivity contribution >= 4 is 39.1 Å². The molecule has 0 saturated carbocycles. The highest BCUT2D eigenvalue weighted by Crippen LogP contribution is 2.20. The van der Waals surface area contributed by atoms with Crippen molar-refractivity contribution in [3.05, 3.63) is 52.2 Å². The van der Waals surface area contributed by atoms with Gasteiger partial charge in [0.2, 0.25) is 15.9 Å². The van der Waals surface area contributed by atoms with Gasteiger partial charge in [-0.2, -0.15) is 4.31 Å². The van der Waals surface area contributed by atoms with E-state index in [2.05, 4.69) is 5.32 Å². The summed E-state index contributed by atoms with van der Waals surface area (Å²) in [5, 5.41) is 4.41. The number of carbonyl (C=O) groups is 3. The smallest absolute Gasteiger partial charge is 0.328 e. The van der Waals surface area contributed by atoms with Gasteiger partial charge in [-0.3, -0.25) is 9.59 Å². The van der Waals surface area contributed by atoms with Crippen molar-refractivity contribution in [1.29, 1.82) is 0 Å². The van der Waals surface area contributed by atoms with E-state index in [-0.39, 0.29) is 32.0 Å². The maximum Gasteiger partial charge on any atom is 0.328 e. The number of hydrogen-bond acceptors (Lipinski definition) is 8. The van der Waals surface area contributed by atoms with Crippen LogP contribution in [0.25, 0.3) is 0 Å². The van der Waals surface area contributed by atoms with Crippen LogP contribution in [0.1, 0.15) is 15.2 Å². The lowest BCUT2D eigenvalue weighted by atomic mass is 10.0. The summed E-state index contributed by atoms with van der Waals surface area (Å²) in [6.07, 6.45) is 1.20. The molecule has 1 saturated heterocycles. The van der Waals surface area contributed by atoms with Crippen molar-refractivity contribution < 1.29 is 32.3 Å². The Hall–Kier alpha value is -2.96. The average Bonchev–Trinajstić information content (AvgIpc) is 3.37. The van der Waals surface area contributed by atoms with E-state index >= 15 is 0 Å². The van der Waals surface area contributed by atoms with E-state index in [4.69, 9.17) is 9.47 Å². The number of benzene rings is 1. The summed E-state index contributed by atoms with van der Waals surface area (Å²) in [4.78, 5) is 40.6. The number of rotatable bonds is 8. The standard InChI is InChI=1S/C22H27N3O7S2/c1-31-16-8-6-15(7-9-16)13-17(22(28)32-2)23-20(26)18-14-24(34(3,29)30)10-11-25(18)21(27)19-5-4-12-33-19/h4-9,12,17-18H,10-11,13-14H2,1-3H3,(H,23,26)/t17-,18-/m0/s1. The lowest BCUT2D eigenvalue weighted by Crippen LogP contribution is -2.62. The highest BCUT2D eigenvalue weighted by atomic mass is 32.2. The maximum absolute atomic E-state index is 13.3. The molecule has 2 heterocycles. The molecule has 1 fully saturated rings. The highest BCUT2D eigenvalue weighted by Gasteiger charge is 2.40. The van der Waals surface area contributed by atoms with E-state index in [1.54, 1.807) is 48.9 Å². The number of hydrogen-bond donors (Lipinski definition) is 1. The zero-order valence-corrected chi connectivity index (χ0v) is 20.7. The third kappa shape index (κ3) is 6.13. The molecule has 10 nitrogen and oxygen atoms in total. The number of nitrogens with zero attached hydrogens (tertiary/aromatic N) is 2. The Kier molecular flexibility index (Phi) is 8.28. The highest BCUT2D eigenvalue weighted by molar-refractivity contribution is 7.88. The minimum absolute atomic E-state index is 0.0449. The largest absolute Gasteiger partial charge is 0.497 e. The van der Waals surface area contributed by atoms with Crippen LogP contribution in [0.5, 0.6) is 5.75 Å². The van der Waals surface area contributed by atoms with Gasteiger partial charge in [0.1, 0.15) is 17.8 Å². The number of ether oxygens (including phenoxy) is 2. The fraction of sp³-hybridized carbons (Fsp3) is 0.409. The summed E-state index contributed by atoms with van der Waals surface area (Å²) in [6.45, 7) is -0.0898. The molecule has 0 bridgehead atoms. The summed E-state index contributed by atoms with van der Waals surface area (Å²) in [5.41, 5.74) is 0.754. The van der Waals surface area contributed by atoms with Crippen LogP contribution < -0.4 is 10.1 Å². The normalized spacial score (nSPS) is 17.6. The van der Waals surface area contributed by atoms with Crippen molar-refractivity contribution in [2.24, 2.45) is 0 Å². The maximum atomic E-state index is 13.3. The van der Waals surface area contributed by atoms with E-state index in [0.717, 1.165) is 16.1 Å². The number of esters is 1. The second-order valence-electron chi connectivity index (χ2n) is 7.75.